The van der Waals surface area contributed by atoms with Crippen molar-refractivity contribution in [3.63, 3.8) is 0 Å². The molecule has 0 N–H and O–H groups in total. The molecule has 3 aromatic rings. The Morgan fingerprint density at radius 3 is 2.49 bits per heavy atom. The quantitative estimate of drug-likeness (QED) is 0.537. The van der Waals surface area contributed by atoms with Crippen molar-refractivity contribution >= 4 is 17.5 Å². The van der Waals surface area contributed by atoms with E-state index >= 15 is 0 Å². The summed E-state index contributed by atoms with van der Waals surface area (Å²) in [4.78, 5) is 33.8. The largest absolute Gasteiger partial charge is 0.493 e. The summed E-state index contributed by atoms with van der Waals surface area (Å²) in [5, 5.41) is 4.15. The van der Waals surface area contributed by atoms with Crippen LogP contribution in [0.3, 0.4) is 0 Å². The van der Waals surface area contributed by atoms with Crippen molar-refractivity contribution in [1.29, 1.82) is 0 Å². The normalized spacial score (nSPS) is 18.7. The molecule has 0 aliphatic carbocycles. The van der Waals surface area contributed by atoms with Gasteiger partial charge in [0.25, 0.3) is 0 Å². The first-order valence-electron chi connectivity index (χ1n) is 11.8. The molecule has 0 unspecified atom stereocenters. The summed E-state index contributed by atoms with van der Waals surface area (Å²) < 4.78 is 16.2. The lowest BCUT2D eigenvalue weighted by atomic mass is 9.95. The number of aromatic nitrogens is 2. The average Bonchev–Trinajstić information content (AvgIpc) is 3.56. The number of likely N-dealkylation sites (tertiary alicyclic amines) is 1. The van der Waals surface area contributed by atoms with Gasteiger partial charge in [-0.1, -0.05) is 23.4 Å². The van der Waals surface area contributed by atoms with Crippen LogP contribution >= 0.6 is 0 Å². The van der Waals surface area contributed by atoms with Crippen molar-refractivity contribution in [3.8, 4) is 22.9 Å². The highest BCUT2D eigenvalue weighted by molar-refractivity contribution is 6.00. The van der Waals surface area contributed by atoms with Gasteiger partial charge in [0.05, 0.1) is 20.1 Å². The van der Waals surface area contributed by atoms with E-state index in [1.165, 1.54) is 0 Å². The van der Waals surface area contributed by atoms with E-state index in [4.69, 9.17) is 14.0 Å². The molecule has 9 nitrogen and oxygen atoms in total. The van der Waals surface area contributed by atoms with E-state index in [1.54, 1.807) is 25.2 Å². The number of nitrogens with zero attached hydrogens (tertiary/aromatic N) is 4. The van der Waals surface area contributed by atoms with Gasteiger partial charge in [-0.3, -0.25) is 9.59 Å². The van der Waals surface area contributed by atoms with Gasteiger partial charge in [-0.25, -0.2) is 0 Å². The van der Waals surface area contributed by atoms with Crippen molar-refractivity contribution in [2.75, 3.05) is 38.8 Å². The smallest absolute Gasteiger partial charge is 0.230 e. The first-order chi connectivity index (χ1) is 17.1. The minimum Gasteiger partial charge on any atom is -0.493 e. The molecule has 1 atom stereocenters. The van der Waals surface area contributed by atoms with E-state index in [9.17, 15) is 9.59 Å². The maximum Gasteiger partial charge on any atom is 0.230 e. The van der Waals surface area contributed by atoms with Crippen LogP contribution in [0.2, 0.25) is 0 Å². The first kappa shape index (κ1) is 22.9. The summed E-state index contributed by atoms with van der Waals surface area (Å²) in [6.45, 7) is 1.64. The third-order valence-corrected chi connectivity index (χ3v) is 6.78. The predicted octanol–water partition coefficient (Wildman–Crippen LogP) is 3.51. The summed E-state index contributed by atoms with van der Waals surface area (Å²) in [7, 11) is 3.17. The molecular formula is C26H28N4O5. The molecule has 0 bridgehead atoms. The van der Waals surface area contributed by atoms with Crippen LogP contribution in [0, 0.1) is 5.92 Å². The second-order valence-corrected chi connectivity index (χ2v) is 8.87. The summed E-state index contributed by atoms with van der Waals surface area (Å²) in [5.41, 5.74) is 1.62. The van der Waals surface area contributed by atoms with E-state index in [0.29, 0.717) is 42.8 Å². The monoisotopic (exact) mass is 476 g/mol. The van der Waals surface area contributed by atoms with E-state index in [2.05, 4.69) is 10.1 Å². The zero-order valence-corrected chi connectivity index (χ0v) is 19.8. The fourth-order valence-corrected chi connectivity index (χ4v) is 4.83. The fourth-order valence-electron chi connectivity index (χ4n) is 4.83. The number of hydrogen-bond donors (Lipinski definition) is 0. The SMILES string of the molecule is COc1ccc(-c2noc(C3CCN(C(=O)[C@@H]4CC(=O)N(c5ccccc5)C4)CC3)n2)cc1OC. The number of benzene rings is 2. The highest BCUT2D eigenvalue weighted by Gasteiger charge is 2.38. The third-order valence-electron chi connectivity index (χ3n) is 6.78. The molecule has 2 aliphatic rings. The lowest BCUT2D eigenvalue weighted by molar-refractivity contribution is -0.136. The topological polar surface area (TPSA) is 98.0 Å². The van der Waals surface area contributed by atoms with E-state index in [0.717, 1.165) is 24.1 Å². The molecule has 1 aromatic heterocycles. The number of methoxy groups -OCH3 is 2. The number of carbonyl (C=O) groups is 2. The van der Waals surface area contributed by atoms with Gasteiger partial charge in [0.2, 0.25) is 23.5 Å². The van der Waals surface area contributed by atoms with Crippen molar-refractivity contribution in [1.82, 2.24) is 15.0 Å². The number of ether oxygens (including phenoxy) is 2. The molecule has 5 rings (SSSR count). The Hall–Kier alpha value is -3.88. The molecule has 2 aromatic carbocycles. The Morgan fingerprint density at radius 1 is 1.03 bits per heavy atom. The van der Waals surface area contributed by atoms with Crippen LogP contribution in [0.25, 0.3) is 11.4 Å². The minimum atomic E-state index is -0.306. The van der Waals surface area contributed by atoms with Crippen LogP contribution in [-0.2, 0) is 9.59 Å². The lowest BCUT2D eigenvalue weighted by Crippen LogP contribution is -2.42. The van der Waals surface area contributed by atoms with Crippen molar-refractivity contribution in [3.05, 3.63) is 54.4 Å². The molecule has 0 saturated carbocycles. The Kier molecular flexibility index (Phi) is 6.39. The Morgan fingerprint density at radius 2 is 1.77 bits per heavy atom. The molecule has 2 saturated heterocycles. The molecular weight excluding hydrogens is 448 g/mol. The summed E-state index contributed by atoms with van der Waals surface area (Å²) in [6, 6.07) is 15.0. The number of rotatable bonds is 6. The van der Waals surface area contributed by atoms with Gasteiger partial charge in [-0.15, -0.1) is 0 Å². The molecule has 3 heterocycles. The minimum absolute atomic E-state index is 0.00186. The number of carbonyl (C=O) groups excluding carboxylic acids is 2. The van der Waals surface area contributed by atoms with Gasteiger partial charge in [0, 0.05) is 43.2 Å². The molecule has 2 fully saturated rings. The number of para-hydroxylation sites is 1. The van der Waals surface area contributed by atoms with Crippen LogP contribution < -0.4 is 14.4 Å². The van der Waals surface area contributed by atoms with Crippen LogP contribution in [-0.4, -0.2) is 60.7 Å². The molecule has 0 spiro atoms. The van der Waals surface area contributed by atoms with Crippen molar-refractivity contribution in [2.45, 2.75) is 25.2 Å². The van der Waals surface area contributed by atoms with Gasteiger partial charge < -0.3 is 23.8 Å². The average molecular weight is 477 g/mol. The van der Waals surface area contributed by atoms with E-state index < -0.39 is 0 Å². The number of anilines is 1. The van der Waals surface area contributed by atoms with Gasteiger partial charge in [-0.05, 0) is 43.2 Å². The lowest BCUT2D eigenvalue weighted by Gasteiger charge is -2.32. The highest BCUT2D eigenvalue weighted by Crippen LogP contribution is 2.34. The van der Waals surface area contributed by atoms with Crippen LogP contribution in [0.15, 0.2) is 53.1 Å². The molecule has 182 valence electrons. The molecule has 2 aliphatic heterocycles. The second kappa shape index (κ2) is 9.77. The van der Waals surface area contributed by atoms with Crippen molar-refractivity contribution in [2.24, 2.45) is 5.92 Å². The van der Waals surface area contributed by atoms with E-state index in [-0.39, 0.29) is 30.1 Å². The second-order valence-electron chi connectivity index (χ2n) is 8.87. The molecule has 35 heavy (non-hydrogen) atoms. The number of hydrogen-bond acceptors (Lipinski definition) is 7. The maximum atomic E-state index is 13.1. The molecule has 0 radical (unpaired) electrons. The first-order valence-corrected chi connectivity index (χ1v) is 11.8. The Labute approximate surface area is 203 Å². The van der Waals surface area contributed by atoms with Crippen LogP contribution in [0.1, 0.15) is 31.1 Å². The standard InChI is InChI=1S/C26H28N4O5/c1-33-21-9-8-18(14-22(21)34-2)24-27-25(35-28-24)17-10-12-29(13-11-17)26(32)19-15-23(31)30(16-19)20-6-4-3-5-7-20/h3-9,14,17,19H,10-13,15-16H2,1-2H3/t19-/m1/s1. The number of amides is 2. The summed E-state index contributed by atoms with van der Waals surface area (Å²) in [6.07, 6.45) is 1.73. The maximum absolute atomic E-state index is 13.1. The van der Waals surface area contributed by atoms with Crippen LogP contribution in [0.4, 0.5) is 5.69 Å². The number of piperidine rings is 1. The zero-order chi connectivity index (χ0) is 24.4. The third kappa shape index (κ3) is 4.58. The van der Waals surface area contributed by atoms with Gasteiger partial charge in [0.1, 0.15) is 0 Å². The summed E-state index contributed by atoms with van der Waals surface area (Å²) >= 11 is 0. The molecule has 2 amide bonds. The fraction of sp³-hybridized carbons (Fsp3) is 0.385. The van der Waals surface area contributed by atoms with Crippen LogP contribution in [0.5, 0.6) is 11.5 Å². The van der Waals surface area contributed by atoms with Gasteiger partial charge >= 0.3 is 0 Å². The highest BCUT2D eigenvalue weighted by atomic mass is 16.5. The predicted molar refractivity (Wildman–Crippen MR) is 128 cm³/mol. The molecule has 9 heteroatoms. The summed E-state index contributed by atoms with van der Waals surface area (Å²) in [5.74, 6) is 2.13. The zero-order valence-electron chi connectivity index (χ0n) is 19.8. The Balaban J connectivity index is 1.19. The van der Waals surface area contributed by atoms with Gasteiger partial charge in [0.15, 0.2) is 11.5 Å². The van der Waals surface area contributed by atoms with Gasteiger partial charge in [-0.2, -0.15) is 4.98 Å². The Bertz CT molecular complexity index is 1200. The van der Waals surface area contributed by atoms with E-state index in [1.807, 2.05) is 47.4 Å². The van der Waals surface area contributed by atoms with Crippen molar-refractivity contribution < 1.29 is 23.6 Å².